The van der Waals surface area contributed by atoms with E-state index in [2.05, 4.69) is 10.4 Å². The molecule has 0 radical (unpaired) electrons. The molecule has 0 aromatic carbocycles. The van der Waals surface area contributed by atoms with E-state index in [9.17, 15) is 4.79 Å². The minimum atomic E-state index is -0.131. The highest BCUT2D eigenvalue weighted by Gasteiger charge is 2.13. The molecule has 1 N–H and O–H groups in total. The molecular formula is C12H20ClN3O2. The molecular weight excluding hydrogens is 254 g/mol. The zero-order valence-corrected chi connectivity index (χ0v) is 11.6. The van der Waals surface area contributed by atoms with E-state index in [0.717, 1.165) is 6.42 Å². The highest BCUT2D eigenvalue weighted by Crippen LogP contribution is 2.07. The van der Waals surface area contributed by atoms with Gasteiger partial charge in [-0.3, -0.25) is 9.48 Å². The first-order valence-electron chi connectivity index (χ1n) is 6.17. The van der Waals surface area contributed by atoms with Crippen LogP contribution in [0.5, 0.6) is 0 Å². The van der Waals surface area contributed by atoms with Crippen molar-refractivity contribution in [3.05, 3.63) is 17.4 Å². The highest BCUT2D eigenvalue weighted by atomic mass is 35.5. The van der Waals surface area contributed by atoms with Gasteiger partial charge in [0, 0.05) is 26.0 Å². The van der Waals surface area contributed by atoms with Gasteiger partial charge in [0.25, 0.3) is 0 Å². The molecule has 1 aromatic heterocycles. The summed E-state index contributed by atoms with van der Waals surface area (Å²) in [5.41, 5.74) is 0. The van der Waals surface area contributed by atoms with Crippen LogP contribution >= 0.6 is 11.6 Å². The van der Waals surface area contributed by atoms with Gasteiger partial charge >= 0.3 is 0 Å². The van der Waals surface area contributed by atoms with Crippen molar-refractivity contribution in [3.63, 3.8) is 0 Å². The summed E-state index contributed by atoms with van der Waals surface area (Å²) in [6, 6.07) is 0. The van der Waals surface area contributed by atoms with E-state index in [0.29, 0.717) is 31.3 Å². The van der Waals surface area contributed by atoms with Gasteiger partial charge in [0.1, 0.15) is 0 Å². The Kier molecular flexibility index (Phi) is 6.75. The Morgan fingerprint density at radius 2 is 2.44 bits per heavy atom. The SMILES string of the molecule is CCOCCCNC(=O)C(C)Cn1cc(Cl)cn1. The van der Waals surface area contributed by atoms with Crippen LogP contribution in [-0.2, 0) is 16.1 Å². The van der Waals surface area contributed by atoms with Gasteiger partial charge in [-0.15, -0.1) is 0 Å². The second-order valence-corrected chi connectivity index (χ2v) is 4.56. The number of carbonyl (C=O) groups excluding carboxylic acids is 1. The third kappa shape index (κ3) is 5.51. The molecule has 0 saturated heterocycles. The van der Waals surface area contributed by atoms with Crippen LogP contribution in [0.4, 0.5) is 0 Å². The molecule has 1 unspecified atom stereocenters. The summed E-state index contributed by atoms with van der Waals surface area (Å²) in [6.45, 7) is 6.39. The lowest BCUT2D eigenvalue weighted by atomic mass is 10.1. The van der Waals surface area contributed by atoms with Crippen LogP contribution in [0.3, 0.4) is 0 Å². The van der Waals surface area contributed by atoms with Gasteiger partial charge in [0.15, 0.2) is 0 Å². The lowest BCUT2D eigenvalue weighted by Gasteiger charge is -2.12. The molecule has 1 amide bonds. The summed E-state index contributed by atoms with van der Waals surface area (Å²) < 4.78 is 6.87. The van der Waals surface area contributed by atoms with E-state index in [-0.39, 0.29) is 11.8 Å². The first-order chi connectivity index (χ1) is 8.63. The minimum absolute atomic E-state index is 0.0260. The van der Waals surface area contributed by atoms with Gasteiger partial charge in [-0.05, 0) is 13.3 Å². The monoisotopic (exact) mass is 273 g/mol. The van der Waals surface area contributed by atoms with E-state index < -0.39 is 0 Å². The Morgan fingerprint density at radius 3 is 3.06 bits per heavy atom. The number of ether oxygens (including phenoxy) is 1. The normalized spacial score (nSPS) is 12.4. The first kappa shape index (κ1) is 15.0. The van der Waals surface area contributed by atoms with E-state index in [4.69, 9.17) is 16.3 Å². The Hall–Kier alpha value is -1.07. The van der Waals surface area contributed by atoms with E-state index in [1.165, 1.54) is 0 Å². The molecule has 0 bridgehead atoms. The Balaban J connectivity index is 2.20. The van der Waals surface area contributed by atoms with Crippen molar-refractivity contribution in [2.45, 2.75) is 26.8 Å². The molecule has 1 heterocycles. The van der Waals surface area contributed by atoms with Crippen molar-refractivity contribution in [1.29, 1.82) is 0 Å². The van der Waals surface area contributed by atoms with Crippen molar-refractivity contribution in [3.8, 4) is 0 Å². The zero-order valence-electron chi connectivity index (χ0n) is 10.9. The second kappa shape index (κ2) is 8.11. The lowest BCUT2D eigenvalue weighted by molar-refractivity contribution is -0.125. The molecule has 1 atom stereocenters. The number of halogens is 1. The lowest BCUT2D eigenvalue weighted by Crippen LogP contribution is -2.32. The number of hydrogen-bond donors (Lipinski definition) is 1. The number of aromatic nitrogens is 2. The number of rotatable bonds is 8. The van der Waals surface area contributed by atoms with Gasteiger partial charge < -0.3 is 10.1 Å². The molecule has 18 heavy (non-hydrogen) atoms. The van der Waals surface area contributed by atoms with E-state index >= 15 is 0 Å². The third-order valence-corrected chi connectivity index (χ3v) is 2.67. The van der Waals surface area contributed by atoms with Gasteiger partial charge in [-0.1, -0.05) is 18.5 Å². The Labute approximate surface area is 112 Å². The number of nitrogens with zero attached hydrogens (tertiary/aromatic N) is 2. The molecule has 5 nitrogen and oxygen atoms in total. The fraction of sp³-hybridized carbons (Fsp3) is 0.667. The van der Waals surface area contributed by atoms with Crippen LogP contribution in [0.15, 0.2) is 12.4 Å². The molecule has 0 spiro atoms. The molecule has 0 aliphatic rings. The van der Waals surface area contributed by atoms with Crippen LogP contribution in [0, 0.1) is 5.92 Å². The molecule has 1 rings (SSSR count). The molecule has 1 aromatic rings. The molecule has 0 aliphatic carbocycles. The average molecular weight is 274 g/mol. The summed E-state index contributed by atoms with van der Waals surface area (Å²) >= 11 is 5.76. The summed E-state index contributed by atoms with van der Waals surface area (Å²) in [7, 11) is 0. The fourth-order valence-corrected chi connectivity index (χ4v) is 1.66. The van der Waals surface area contributed by atoms with Crippen LogP contribution in [0.1, 0.15) is 20.3 Å². The predicted octanol–water partition coefficient (Wildman–Crippen LogP) is 1.72. The first-order valence-corrected chi connectivity index (χ1v) is 6.54. The third-order valence-electron chi connectivity index (χ3n) is 2.48. The van der Waals surface area contributed by atoms with Gasteiger partial charge in [-0.2, -0.15) is 5.10 Å². The van der Waals surface area contributed by atoms with Crippen molar-refractivity contribution in [1.82, 2.24) is 15.1 Å². The summed E-state index contributed by atoms with van der Waals surface area (Å²) in [5, 5.41) is 7.50. The molecule has 102 valence electrons. The Morgan fingerprint density at radius 1 is 1.67 bits per heavy atom. The average Bonchev–Trinajstić information content (AvgIpc) is 2.74. The van der Waals surface area contributed by atoms with Crippen LogP contribution in [0.25, 0.3) is 0 Å². The van der Waals surface area contributed by atoms with Gasteiger partial charge in [0.05, 0.1) is 23.7 Å². The molecule has 0 aliphatic heterocycles. The highest BCUT2D eigenvalue weighted by molar-refractivity contribution is 6.30. The Bertz CT molecular complexity index is 368. The van der Waals surface area contributed by atoms with Crippen LogP contribution < -0.4 is 5.32 Å². The second-order valence-electron chi connectivity index (χ2n) is 4.12. The van der Waals surface area contributed by atoms with Gasteiger partial charge in [0.2, 0.25) is 5.91 Å². The maximum Gasteiger partial charge on any atom is 0.224 e. The minimum Gasteiger partial charge on any atom is -0.382 e. The number of hydrogen-bond acceptors (Lipinski definition) is 3. The quantitative estimate of drug-likeness (QED) is 0.734. The van der Waals surface area contributed by atoms with E-state index in [1.807, 2.05) is 13.8 Å². The molecule has 6 heteroatoms. The predicted molar refractivity (Wildman–Crippen MR) is 70.5 cm³/mol. The molecule has 0 saturated carbocycles. The standard InChI is InChI=1S/C12H20ClN3O2/c1-3-18-6-4-5-14-12(17)10(2)8-16-9-11(13)7-15-16/h7,9-10H,3-6,8H2,1-2H3,(H,14,17). The molecule has 0 fully saturated rings. The van der Waals surface area contributed by atoms with Gasteiger partial charge in [-0.25, -0.2) is 0 Å². The van der Waals surface area contributed by atoms with Crippen molar-refractivity contribution >= 4 is 17.5 Å². The summed E-state index contributed by atoms with van der Waals surface area (Å²) in [5.74, 6) is -0.105. The zero-order chi connectivity index (χ0) is 13.4. The largest absolute Gasteiger partial charge is 0.382 e. The fourth-order valence-electron chi connectivity index (χ4n) is 1.51. The number of carbonyl (C=O) groups is 1. The summed E-state index contributed by atoms with van der Waals surface area (Å²) in [4.78, 5) is 11.8. The maximum atomic E-state index is 11.8. The van der Waals surface area contributed by atoms with Crippen molar-refractivity contribution in [2.24, 2.45) is 5.92 Å². The van der Waals surface area contributed by atoms with Crippen molar-refractivity contribution in [2.75, 3.05) is 19.8 Å². The van der Waals surface area contributed by atoms with Crippen molar-refractivity contribution < 1.29 is 9.53 Å². The number of amides is 1. The van der Waals surface area contributed by atoms with Crippen LogP contribution in [-0.4, -0.2) is 35.4 Å². The number of nitrogens with one attached hydrogen (secondary N) is 1. The van der Waals surface area contributed by atoms with E-state index in [1.54, 1.807) is 17.1 Å². The smallest absolute Gasteiger partial charge is 0.224 e. The topological polar surface area (TPSA) is 56.1 Å². The summed E-state index contributed by atoms with van der Waals surface area (Å²) in [6.07, 6.45) is 4.11. The van der Waals surface area contributed by atoms with Crippen LogP contribution in [0.2, 0.25) is 5.02 Å². The maximum absolute atomic E-state index is 11.8.